The normalized spacial score (nSPS) is 17.8. The van der Waals surface area contributed by atoms with E-state index in [9.17, 15) is 14.7 Å². The molecule has 3 rings (SSSR count). The summed E-state index contributed by atoms with van der Waals surface area (Å²) in [7, 11) is 3.81. The molecule has 1 heterocycles. The van der Waals surface area contributed by atoms with Gasteiger partial charge in [0.25, 0.3) is 11.7 Å². The lowest BCUT2D eigenvalue weighted by molar-refractivity contribution is -0.140. The highest BCUT2D eigenvalue weighted by Crippen LogP contribution is 2.40. The summed E-state index contributed by atoms with van der Waals surface area (Å²) in [5, 5.41) is 11.8. The molecule has 7 heteroatoms. The van der Waals surface area contributed by atoms with Crippen molar-refractivity contribution in [1.82, 2.24) is 9.80 Å². The van der Waals surface area contributed by atoms with Crippen molar-refractivity contribution in [3.8, 4) is 5.75 Å². The number of hydrogen-bond donors (Lipinski definition) is 1. The standard InChI is InChI=1S/C26H31ClN2O4/c1-5-6-15-33-21-12-9-19(16-17(21)2)24(30)22-23(18-7-10-20(27)11-8-18)29(14-13-28(3)4)26(32)25(22)31/h7-12,16,23,30H,5-6,13-15H2,1-4H3/b24-22+/t23-/m1/s1. The third-order valence-electron chi connectivity index (χ3n) is 5.72. The van der Waals surface area contributed by atoms with Crippen LogP contribution in [0, 0.1) is 6.92 Å². The number of carbonyl (C=O) groups excluding carboxylic acids is 2. The number of amides is 1. The summed E-state index contributed by atoms with van der Waals surface area (Å²) in [5.41, 5.74) is 2.12. The topological polar surface area (TPSA) is 70.1 Å². The van der Waals surface area contributed by atoms with Crippen LogP contribution >= 0.6 is 11.6 Å². The van der Waals surface area contributed by atoms with E-state index in [0.717, 1.165) is 29.7 Å². The highest BCUT2D eigenvalue weighted by molar-refractivity contribution is 6.46. The quantitative estimate of drug-likeness (QED) is 0.246. The van der Waals surface area contributed by atoms with Crippen LogP contribution < -0.4 is 4.74 Å². The summed E-state index contributed by atoms with van der Waals surface area (Å²) in [6, 6.07) is 11.6. The number of aliphatic hydroxyl groups is 1. The van der Waals surface area contributed by atoms with Crippen LogP contribution in [0.5, 0.6) is 5.75 Å². The predicted molar refractivity (Wildman–Crippen MR) is 131 cm³/mol. The lowest BCUT2D eigenvalue weighted by Gasteiger charge is -2.26. The molecule has 1 saturated heterocycles. The third kappa shape index (κ3) is 5.57. The molecule has 0 aliphatic carbocycles. The fraction of sp³-hybridized carbons (Fsp3) is 0.385. The number of halogens is 1. The molecule has 1 fully saturated rings. The van der Waals surface area contributed by atoms with Crippen molar-refractivity contribution in [2.75, 3.05) is 33.8 Å². The van der Waals surface area contributed by atoms with Gasteiger partial charge in [-0.05, 0) is 68.9 Å². The van der Waals surface area contributed by atoms with Crippen molar-refractivity contribution in [2.24, 2.45) is 0 Å². The van der Waals surface area contributed by atoms with Crippen LogP contribution in [0.2, 0.25) is 5.02 Å². The molecule has 0 saturated carbocycles. The van der Waals surface area contributed by atoms with Crippen LogP contribution in [0.3, 0.4) is 0 Å². The minimum Gasteiger partial charge on any atom is -0.507 e. The number of rotatable bonds is 9. The Labute approximate surface area is 200 Å². The van der Waals surface area contributed by atoms with E-state index in [-0.39, 0.29) is 11.3 Å². The van der Waals surface area contributed by atoms with Crippen LogP contribution in [0.15, 0.2) is 48.0 Å². The Morgan fingerprint density at radius 3 is 2.45 bits per heavy atom. The van der Waals surface area contributed by atoms with Gasteiger partial charge in [0.2, 0.25) is 0 Å². The molecule has 0 radical (unpaired) electrons. The zero-order valence-electron chi connectivity index (χ0n) is 19.6. The van der Waals surface area contributed by atoms with Gasteiger partial charge in [-0.2, -0.15) is 0 Å². The Morgan fingerprint density at radius 1 is 1.15 bits per heavy atom. The van der Waals surface area contributed by atoms with Crippen molar-refractivity contribution >= 4 is 29.1 Å². The molecule has 1 aliphatic rings. The predicted octanol–water partition coefficient (Wildman–Crippen LogP) is 4.81. The minimum atomic E-state index is -0.692. The Bertz CT molecular complexity index is 1050. The maximum Gasteiger partial charge on any atom is 0.295 e. The maximum absolute atomic E-state index is 13.1. The van der Waals surface area contributed by atoms with Crippen LogP contribution in [0.4, 0.5) is 0 Å². The first-order valence-electron chi connectivity index (χ1n) is 11.2. The number of ether oxygens (including phenoxy) is 1. The number of Topliss-reactive ketones (excluding diaryl/α,β-unsaturated/α-hetero) is 1. The van der Waals surface area contributed by atoms with Crippen molar-refractivity contribution < 1.29 is 19.4 Å². The first kappa shape index (κ1) is 24.8. The molecular formula is C26H31ClN2O4. The lowest BCUT2D eigenvalue weighted by atomic mass is 9.95. The number of aryl methyl sites for hydroxylation is 1. The van der Waals surface area contributed by atoms with Gasteiger partial charge in [-0.25, -0.2) is 0 Å². The lowest BCUT2D eigenvalue weighted by Crippen LogP contribution is -2.35. The summed E-state index contributed by atoms with van der Waals surface area (Å²) in [6.45, 7) is 5.55. The Balaban J connectivity index is 2.04. The second-order valence-corrected chi connectivity index (χ2v) is 8.97. The monoisotopic (exact) mass is 470 g/mol. The van der Waals surface area contributed by atoms with Crippen LogP contribution in [0.25, 0.3) is 5.76 Å². The van der Waals surface area contributed by atoms with Gasteiger partial charge in [-0.3, -0.25) is 9.59 Å². The third-order valence-corrected chi connectivity index (χ3v) is 5.97. The number of carbonyl (C=O) groups is 2. The number of nitrogens with zero attached hydrogens (tertiary/aromatic N) is 2. The molecular weight excluding hydrogens is 440 g/mol. The van der Waals surface area contributed by atoms with Gasteiger partial charge in [-0.1, -0.05) is 37.1 Å². The van der Waals surface area contributed by atoms with Crippen molar-refractivity contribution in [2.45, 2.75) is 32.7 Å². The molecule has 0 spiro atoms. The van der Waals surface area contributed by atoms with E-state index in [1.807, 2.05) is 25.9 Å². The van der Waals surface area contributed by atoms with Crippen LogP contribution in [-0.2, 0) is 9.59 Å². The molecule has 33 heavy (non-hydrogen) atoms. The van der Waals surface area contributed by atoms with Crippen LogP contribution in [0.1, 0.15) is 42.5 Å². The molecule has 0 aromatic heterocycles. The Kier molecular flexibility index (Phi) is 8.16. The second-order valence-electron chi connectivity index (χ2n) is 8.53. The Hall–Kier alpha value is -2.83. The number of hydrogen-bond acceptors (Lipinski definition) is 5. The fourth-order valence-corrected chi connectivity index (χ4v) is 3.98. The average molecular weight is 471 g/mol. The number of likely N-dealkylation sites (tertiary alicyclic amines) is 1. The molecule has 0 bridgehead atoms. The summed E-state index contributed by atoms with van der Waals surface area (Å²) in [4.78, 5) is 29.5. The highest BCUT2D eigenvalue weighted by atomic mass is 35.5. The number of ketones is 1. The molecule has 1 atom stereocenters. The van der Waals surface area contributed by atoms with E-state index in [0.29, 0.717) is 30.3 Å². The van der Waals surface area contributed by atoms with Crippen LogP contribution in [-0.4, -0.2) is 60.4 Å². The van der Waals surface area contributed by atoms with E-state index in [2.05, 4.69) is 6.92 Å². The summed E-state index contributed by atoms with van der Waals surface area (Å²) < 4.78 is 5.80. The van der Waals surface area contributed by atoms with Crippen molar-refractivity contribution in [3.63, 3.8) is 0 Å². The van der Waals surface area contributed by atoms with Gasteiger partial charge in [-0.15, -0.1) is 0 Å². The number of aliphatic hydroxyl groups excluding tert-OH is 1. The van der Waals surface area contributed by atoms with Crippen molar-refractivity contribution in [1.29, 1.82) is 0 Å². The van der Waals surface area contributed by atoms with Gasteiger partial charge >= 0.3 is 0 Å². The highest BCUT2D eigenvalue weighted by Gasteiger charge is 2.45. The van der Waals surface area contributed by atoms with Gasteiger partial charge < -0.3 is 19.6 Å². The van der Waals surface area contributed by atoms with E-state index >= 15 is 0 Å². The first-order chi connectivity index (χ1) is 15.7. The SMILES string of the molecule is CCCCOc1ccc(/C(O)=C2\C(=O)C(=O)N(CCN(C)C)[C@@H]2c2ccc(Cl)cc2)cc1C. The van der Waals surface area contributed by atoms with E-state index in [1.165, 1.54) is 4.90 Å². The smallest absolute Gasteiger partial charge is 0.295 e. The van der Waals surface area contributed by atoms with Gasteiger partial charge in [0.15, 0.2) is 0 Å². The van der Waals surface area contributed by atoms with E-state index in [1.54, 1.807) is 42.5 Å². The zero-order chi connectivity index (χ0) is 24.1. The van der Waals surface area contributed by atoms with Gasteiger partial charge in [0.1, 0.15) is 11.5 Å². The van der Waals surface area contributed by atoms with Gasteiger partial charge in [0.05, 0.1) is 18.2 Å². The molecule has 2 aromatic carbocycles. The van der Waals surface area contributed by atoms with Crippen molar-refractivity contribution in [3.05, 3.63) is 69.8 Å². The zero-order valence-corrected chi connectivity index (χ0v) is 20.4. The average Bonchev–Trinajstić information content (AvgIpc) is 3.03. The number of unbranched alkanes of at least 4 members (excludes halogenated alkanes) is 1. The maximum atomic E-state index is 13.1. The van der Waals surface area contributed by atoms with E-state index < -0.39 is 17.7 Å². The molecule has 1 N–H and O–H groups in total. The summed E-state index contributed by atoms with van der Waals surface area (Å²) in [6.07, 6.45) is 2.00. The summed E-state index contributed by atoms with van der Waals surface area (Å²) >= 11 is 6.06. The minimum absolute atomic E-state index is 0.0835. The molecule has 1 aliphatic heterocycles. The molecule has 1 amide bonds. The molecule has 0 unspecified atom stereocenters. The fourth-order valence-electron chi connectivity index (χ4n) is 3.85. The molecule has 2 aromatic rings. The summed E-state index contributed by atoms with van der Waals surface area (Å²) in [5.74, 6) is -0.758. The molecule has 176 valence electrons. The number of likely N-dealkylation sites (N-methyl/N-ethyl adjacent to an activating group) is 1. The largest absolute Gasteiger partial charge is 0.507 e. The number of benzene rings is 2. The first-order valence-corrected chi connectivity index (χ1v) is 11.5. The van der Waals surface area contributed by atoms with E-state index in [4.69, 9.17) is 16.3 Å². The second kappa shape index (κ2) is 10.9. The Morgan fingerprint density at radius 2 is 1.85 bits per heavy atom. The van der Waals surface area contributed by atoms with Gasteiger partial charge in [0, 0.05) is 23.7 Å². The molecule has 6 nitrogen and oxygen atoms in total.